The van der Waals surface area contributed by atoms with E-state index in [1.54, 1.807) is 30.6 Å². The fourth-order valence-electron chi connectivity index (χ4n) is 2.90. The minimum atomic E-state index is -0.396. The molecular weight excluding hydrogens is 386 g/mol. The molecule has 27 heavy (non-hydrogen) atoms. The Bertz CT molecular complexity index is 1130. The first-order valence-corrected chi connectivity index (χ1v) is 8.94. The quantitative estimate of drug-likeness (QED) is 0.377. The number of benzene rings is 2. The van der Waals surface area contributed by atoms with Crippen LogP contribution in [0.5, 0.6) is 5.75 Å². The van der Waals surface area contributed by atoms with Gasteiger partial charge in [0.1, 0.15) is 23.3 Å². The van der Waals surface area contributed by atoms with Gasteiger partial charge in [-0.25, -0.2) is 9.37 Å². The first-order valence-electron chi connectivity index (χ1n) is 8.18. The fourth-order valence-corrected chi connectivity index (χ4v) is 3.34. The summed E-state index contributed by atoms with van der Waals surface area (Å²) in [5, 5.41) is 2.58. The third kappa shape index (κ3) is 3.72. The summed E-state index contributed by atoms with van der Waals surface area (Å²) in [6.45, 7) is 0.186. The van der Waals surface area contributed by atoms with E-state index < -0.39 is 5.82 Å². The maximum absolute atomic E-state index is 13.4. The molecule has 0 unspecified atom stereocenters. The van der Waals surface area contributed by atoms with Crippen molar-refractivity contribution in [3.8, 4) is 16.9 Å². The lowest BCUT2D eigenvalue weighted by atomic mass is 10.0. The molecule has 6 heteroatoms. The Labute approximate surface area is 165 Å². The van der Waals surface area contributed by atoms with Gasteiger partial charge in [0.15, 0.2) is 0 Å². The zero-order valence-electron chi connectivity index (χ0n) is 14.0. The molecule has 0 spiro atoms. The van der Waals surface area contributed by atoms with E-state index in [1.165, 1.54) is 12.1 Å². The van der Waals surface area contributed by atoms with Gasteiger partial charge < -0.3 is 4.74 Å². The maximum atomic E-state index is 13.4. The van der Waals surface area contributed by atoms with Crippen LogP contribution in [0.1, 0.15) is 5.69 Å². The van der Waals surface area contributed by atoms with Crippen LogP contribution in [0.4, 0.5) is 4.39 Å². The number of pyridine rings is 2. The molecule has 0 saturated carbocycles. The molecule has 0 amide bonds. The van der Waals surface area contributed by atoms with Crippen LogP contribution in [-0.4, -0.2) is 9.97 Å². The van der Waals surface area contributed by atoms with Crippen LogP contribution < -0.4 is 4.74 Å². The minimum absolute atomic E-state index is 0.186. The van der Waals surface area contributed by atoms with E-state index in [0.717, 1.165) is 16.3 Å². The molecule has 0 radical (unpaired) electrons. The normalized spacial score (nSPS) is 10.9. The molecule has 3 nitrogen and oxygen atoms in total. The van der Waals surface area contributed by atoms with Crippen LogP contribution in [-0.2, 0) is 6.61 Å². The second-order valence-corrected chi connectivity index (χ2v) is 6.69. The van der Waals surface area contributed by atoms with E-state index in [9.17, 15) is 4.39 Å². The van der Waals surface area contributed by atoms with Crippen molar-refractivity contribution in [3.63, 3.8) is 0 Å². The summed E-state index contributed by atoms with van der Waals surface area (Å²) >= 11 is 12.3. The highest BCUT2D eigenvalue weighted by Crippen LogP contribution is 2.32. The van der Waals surface area contributed by atoms with Gasteiger partial charge in [-0.1, -0.05) is 35.3 Å². The third-order valence-corrected chi connectivity index (χ3v) is 4.69. The smallest absolute Gasteiger partial charge is 0.131 e. The van der Waals surface area contributed by atoms with Crippen LogP contribution in [0.25, 0.3) is 21.9 Å². The van der Waals surface area contributed by atoms with Crippen molar-refractivity contribution in [2.75, 3.05) is 0 Å². The van der Waals surface area contributed by atoms with Gasteiger partial charge in [-0.15, -0.1) is 0 Å². The highest BCUT2D eigenvalue weighted by atomic mass is 35.5. The summed E-state index contributed by atoms with van der Waals surface area (Å²) in [7, 11) is 0. The summed E-state index contributed by atoms with van der Waals surface area (Å²) in [5.41, 5.74) is 2.02. The predicted octanol–water partition coefficient (Wildman–Crippen LogP) is 6.32. The molecular formula is C21H13Cl2FN2O. The zero-order chi connectivity index (χ0) is 18.8. The molecule has 0 aliphatic carbocycles. The SMILES string of the molecule is Fc1ccc(-c2ccc(Cl)nc2COc2cccc3cnccc23)c(Cl)c1. The molecule has 2 aromatic heterocycles. The van der Waals surface area contributed by atoms with Crippen LogP contribution in [0.15, 0.2) is 67.0 Å². The topological polar surface area (TPSA) is 35.0 Å². The van der Waals surface area contributed by atoms with Crippen molar-refractivity contribution in [1.29, 1.82) is 0 Å². The average Bonchev–Trinajstić information content (AvgIpc) is 2.67. The second kappa shape index (κ2) is 7.51. The molecule has 0 aliphatic heterocycles. The van der Waals surface area contributed by atoms with Gasteiger partial charge >= 0.3 is 0 Å². The maximum Gasteiger partial charge on any atom is 0.131 e. The molecule has 0 atom stereocenters. The fraction of sp³-hybridized carbons (Fsp3) is 0.0476. The predicted molar refractivity (Wildman–Crippen MR) is 106 cm³/mol. The van der Waals surface area contributed by atoms with Crippen LogP contribution in [0, 0.1) is 5.82 Å². The van der Waals surface area contributed by atoms with Gasteiger partial charge in [0.2, 0.25) is 0 Å². The Hall–Kier alpha value is -2.69. The second-order valence-electron chi connectivity index (χ2n) is 5.89. The molecule has 0 N–H and O–H groups in total. The Morgan fingerprint density at radius 3 is 2.67 bits per heavy atom. The van der Waals surface area contributed by atoms with Crippen molar-refractivity contribution < 1.29 is 9.13 Å². The third-order valence-electron chi connectivity index (χ3n) is 4.17. The molecule has 4 aromatic rings. The van der Waals surface area contributed by atoms with E-state index in [2.05, 4.69) is 9.97 Å². The largest absolute Gasteiger partial charge is 0.487 e. The van der Waals surface area contributed by atoms with E-state index in [-0.39, 0.29) is 6.61 Å². The number of rotatable bonds is 4. The molecule has 134 valence electrons. The lowest BCUT2D eigenvalue weighted by molar-refractivity contribution is 0.305. The minimum Gasteiger partial charge on any atom is -0.487 e. The standard InChI is InChI=1S/C21H13Cl2FN2O/c22-18-10-14(24)4-5-16(18)17-6-7-21(23)26-19(17)12-27-20-3-1-2-13-11-25-9-8-15(13)20/h1-11H,12H2. The summed E-state index contributed by atoms with van der Waals surface area (Å²) in [4.78, 5) is 8.51. The Kier molecular flexibility index (Phi) is 4.92. The van der Waals surface area contributed by atoms with Gasteiger partial charge in [-0.3, -0.25) is 4.98 Å². The summed E-state index contributed by atoms with van der Waals surface area (Å²) in [6.07, 6.45) is 3.50. The first-order chi connectivity index (χ1) is 13.1. The summed E-state index contributed by atoms with van der Waals surface area (Å²) in [5.74, 6) is 0.320. The lowest BCUT2D eigenvalue weighted by Crippen LogP contribution is -2.02. The highest BCUT2D eigenvalue weighted by molar-refractivity contribution is 6.33. The molecule has 0 aliphatic rings. The number of nitrogens with zero attached hydrogens (tertiary/aromatic N) is 2. The van der Waals surface area contributed by atoms with Crippen LogP contribution >= 0.6 is 23.2 Å². The Morgan fingerprint density at radius 1 is 0.963 bits per heavy atom. The average molecular weight is 399 g/mol. The monoisotopic (exact) mass is 398 g/mol. The van der Waals surface area contributed by atoms with Crippen LogP contribution in [0.2, 0.25) is 10.2 Å². The number of halogens is 3. The Balaban J connectivity index is 1.70. The summed E-state index contributed by atoms with van der Waals surface area (Å²) < 4.78 is 19.4. The molecule has 0 bridgehead atoms. The van der Waals surface area contributed by atoms with E-state index in [1.807, 2.05) is 24.3 Å². The number of aromatic nitrogens is 2. The number of ether oxygens (including phenoxy) is 1. The molecule has 0 saturated heterocycles. The van der Waals surface area contributed by atoms with Crippen molar-refractivity contribution >= 4 is 34.0 Å². The van der Waals surface area contributed by atoms with Gasteiger partial charge in [0, 0.05) is 34.3 Å². The van der Waals surface area contributed by atoms with Gasteiger partial charge in [-0.05, 0) is 42.5 Å². The van der Waals surface area contributed by atoms with Gasteiger partial charge in [0.05, 0.1) is 10.7 Å². The Morgan fingerprint density at radius 2 is 1.81 bits per heavy atom. The van der Waals surface area contributed by atoms with Crippen molar-refractivity contribution in [3.05, 3.63) is 88.7 Å². The van der Waals surface area contributed by atoms with Crippen LogP contribution in [0.3, 0.4) is 0 Å². The molecule has 4 rings (SSSR count). The van der Waals surface area contributed by atoms with Gasteiger partial charge in [-0.2, -0.15) is 0 Å². The number of hydrogen-bond acceptors (Lipinski definition) is 3. The highest BCUT2D eigenvalue weighted by Gasteiger charge is 2.13. The van der Waals surface area contributed by atoms with Crippen molar-refractivity contribution in [2.45, 2.75) is 6.61 Å². The molecule has 0 fully saturated rings. The van der Waals surface area contributed by atoms with Crippen molar-refractivity contribution in [1.82, 2.24) is 9.97 Å². The van der Waals surface area contributed by atoms with E-state index in [0.29, 0.717) is 27.2 Å². The number of hydrogen-bond donors (Lipinski definition) is 0. The lowest BCUT2D eigenvalue weighted by Gasteiger charge is -2.13. The molecule has 2 aromatic carbocycles. The van der Waals surface area contributed by atoms with E-state index >= 15 is 0 Å². The van der Waals surface area contributed by atoms with E-state index in [4.69, 9.17) is 27.9 Å². The van der Waals surface area contributed by atoms with Gasteiger partial charge in [0.25, 0.3) is 0 Å². The van der Waals surface area contributed by atoms with Crippen molar-refractivity contribution in [2.24, 2.45) is 0 Å². The zero-order valence-corrected chi connectivity index (χ0v) is 15.5. The number of fused-ring (bicyclic) bond motifs is 1. The molecule has 2 heterocycles. The summed E-state index contributed by atoms with van der Waals surface area (Å²) in [6, 6.07) is 15.4. The first kappa shape index (κ1) is 17.7.